The minimum absolute atomic E-state index is 0.0983. The van der Waals surface area contributed by atoms with Crippen molar-refractivity contribution in [3.05, 3.63) is 62.4 Å². The Hall–Kier alpha value is -3.33. The predicted molar refractivity (Wildman–Crippen MR) is 105 cm³/mol. The van der Waals surface area contributed by atoms with Gasteiger partial charge in [0.05, 0.1) is 15.6 Å². The standard InChI is InChI=1S/C18H15N5O3S/c1-9-4-6-11-13(8-9)27-17(20-11)21-15(24)12-7-5-10-14(19-12)22(2)18(26)23(3)16(10)25/h4-8H,1-3H3,(H,20,21,24). The summed E-state index contributed by atoms with van der Waals surface area (Å²) in [5.74, 6) is -0.458. The molecule has 0 saturated heterocycles. The highest BCUT2D eigenvalue weighted by Crippen LogP contribution is 2.27. The number of hydrogen-bond acceptors (Lipinski definition) is 6. The average molecular weight is 381 g/mol. The van der Waals surface area contributed by atoms with E-state index in [0.717, 1.165) is 20.3 Å². The van der Waals surface area contributed by atoms with Gasteiger partial charge in [-0.1, -0.05) is 17.4 Å². The number of nitrogens with zero attached hydrogens (tertiary/aromatic N) is 4. The molecule has 0 saturated carbocycles. The smallest absolute Gasteiger partial charge is 0.296 e. The lowest BCUT2D eigenvalue weighted by Gasteiger charge is -2.08. The molecule has 9 heteroatoms. The topological polar surface area (TPSA) is 98.9 Å². The lowest BCUT2D eigenvalue weighted by molar-refractivity contribution is 0.102. The Bertz CT molecular complexity index is 1350. The largest absolute Gasteiger partial charge is 0.332 e. The van der Waals surface area contributed by atoms with Crippen molar-refractivity contribution in [3.8, 4) is 0 Å². The molecule has 0 bridgehead atoms. The van der Waals surface area contributed by atoms with Crippen molar-refractivity contribution >= 4 is 43.6 Å². The minimum atomic E-state index is -0.501. The molecule has 0 unspecified atom stereocenters. The van der Waals surface area contributed by atoms with Crippen molar-refractivity contribution in [3.63, 3.8) is 0 Å². The van der Waals surface area contributed by atoms with E-state index in [1.54, 1.807) is 0 Å². The third kappa shape index (κ3) is 2.81. The van der Waals surface area contributed by atoms with E-state index in [0.29, 0.717) is 5.13 Å². The van der Waals surface area contributed by atoms with E-state index in [2.05, 4.69) is 15.3 Å². The quantitative estimate of drug-likeness (QED) is 0.571. The first-order valence-electron chi connectivity index (χ1n) is 8.10. The number of carbonyl (C=O) groups excluding carboxylic acids is 1. The van der Waals surface area contributed by atoms with Gasteiger partial charge in [-0.3, -0.25) is 24.0 Å². The van der Waals surface area contributed by atoms with Gasteiger partial charge in [0, 0.05) is 14.1 Å². The van der Waals surface area contributed by atoms with E-state index in [9.17, 15) is 14.4 Å². The SMILES string of the molecule is Cc1ccc2nc(NC(=O)c3ccc4c(=O)n(C)c(=O)n(C)c4n3)sc2c1. The fourth-order valence-corrected chi connectivity index (χ4v) is 3.79. The Morgan fingerprint density at radius 2 is 1.85 bits per heavy atom. The summed E-state index contributed by atoms with van der Waals surface area (Å²) in [7, 11) is 2.91. The Balaban J connectivity index is 1.73. The summed E-state index contributed by atoms with van der Waals surface area (Å²) < 4.78 is 3.23. The summed E-state index contributed by atoms with van der Waals surface area (Å²) >= 11 is 1.37. The Morgan fingerprint density at radius 3 is 2.63 bits per heavy atom. The first kappa shape index (κ1) is 17.1. The summed E-state index contributed by atoms with van der Waals surface area (Å²) in [6, 6.07) is 8.82. The third-order valence-electron chi connectivity index (χ3n) is 4.30. The maximum Gasteiger partial charge on any atom is 0.332 e. The van der Waals surface area contributed by atoms with Crippen molar-refractivity contribution in [1.29, 1.82) is 0 Å². The van der Waals surface area contributed by atoms with Crippen LogP contribution in [0.25, 0.3) is 21.3 Å². The maximum atomic E-state index is 12.6. The first-order chi connectivity index (χ1) is 12.8. The Kier molecular flexibility index (Phi) is 3.88. The first-order valence-corrected chi connectivity index (χ1v) is 8.92. The fraction of sp³-hybridized carbons (Fsp3) is 0.167. The Morgan fingerprint density at radius 1 is 1.07 bits per heavy atom. The van der Waals surface area contributed by atoms with E-state index in [1.165, 1.54) is 42.1 Å². The lowest BCUT2D eigenvalue weighted by Crippen LogP contribution is -2.37. The second-order valence-corrected chi connectivity index (χ2v) is 7.25. The number of pyridine rings is 1. The van der Waals surface area contributed by atoms with Crippen molar-refractivity contribution in [2.45, 2.75) is 6.92 Å². The maximum absolute atomic E-state index is 12.6. The van der Waals surface area contributed by atoms with Crippen molar-refractivity contribution in [2.75, 3.05) is 5.32 Å². The zero-order chi connectivity index (χ0) is 19.3. The molecule has 1 N–H and O–H groups in total. The molecule has 4 aromatic rings. The van der Waals surface area contributed by atoms with E-state index in [1.807, 2.05) is 25.1 Å². The number of fused-ring (bicyclic) bond motifs is 2. The molecule has 0 aliphatic rings. The molecule has 3 heterocycles. The molecule has 27 heavy (non-hydrogen) atoms. The van der Waals surface area contributed by atoms with E-state index in [-0.39, 0.29) is 16.7 Å². The number of aromatic nitrogens is 4. The molecular formula is C18H15N5O3S. The molecular weight excluding hydrogens is 366 g/mol. The molecule has 0 spiro atoms. The summed E-state index contributed by atoms with van der Waals surface area (Å²) in [5.41, 5.74) is 1.23. The van der Waals surface area contributed by atoms with Gasteiger partial charge < -0.3 is 0 Å². The molecule has 0 radical (unpaired) electrons. The number of anilines is 1. The third-order valence-corrected chi connectivity index (χ3v) is 5.23. The van der Waals surface area contributed by atoms with Gasteiger partial charge in [0.2, 0.25) is 0 Å². The molecule has 0 atom stereocenters. The molecule has 0 aliphatic carbocycles. The summed E-state index contributed by atoms with van der Waals surface area (Å²) in [6.07, 6.45) is 0. The minimum Gasteiger partial charge on any atom is -0.296 e. The van der Waals surface area contributed by atoms with Crippen LogP contribution in [0.4, 0.5) is 5.13 Å². The molecule has 0 fully saturated rings. The summed E-state index contributed by atoms with van der Waals surface area (Å²) in [6.45, 7) is 1.99. The number of rotatable bonds is 2. The number of benzene rings is 1. The second-order valence-electron chi connectivity index (χ2n) is 6.22. The van der Waals surface area contributed by atoms with Crippen LogP contribution in [0.5, 0.6) is 0 Å². The second kappa shape index (κ2) is 6.13. The molecule has 1 aromatic carbocycles. The number of aryl methyl sites for hydroxylation is 2. The van der Waals surface area contributed by atoms with Crippen molar-refractivity contribution in [2.24, 2.45) is 14.1 Å². The number of nitrogens with one attached hydrogen (secondary N) is 1. The highest BCUT2D eigenvalue weighted by Gasteiger charge is 2.15. The van der Waals surface area contributed by atoms with E-state index in [4.69, 9.17) is 0 Å². The number of amides is 1. The van der Waals surface area contributed by atoms with Gasteiger partial charge in [-0.15, -0.1) is 0 Å². The van der Waals surface area contributed by atoms with Crippen LogP contribution in [-0.4, -0.2) is 25.0 Å². The highest BCUT2D eigenvalue weighted by atomic mass is 32.1. The van der Waals surface area contributed by atoms with Crippen LogP contribution < -0.4 is 16.6 Å². The number of thiazole rings is 1. The molecule has 4 rings (SSSR count). The molecule has 1 amide bonds. The van der Waals surface area contributed by atoms with Gasteiger partial charge >= 0.3 is 5.69 Å². The normalized spacial score (nSPS) is 11.2. The summed E-state index contributed by atoms with van der Waals surface area (Å²) in [4.78, 5) is 45.5. The van der Waals surface area contributed by atoms with Gasteiger partial charge in [-0.2, -0.15) is 0 Å². The lowest BCUT2D eigenvalue weighted by atomic mass is 10.2. The van der Waals surface area contributed by atoms with Gasteiger partial charge in [0.25, 0.3) is 11.5 Å². The monoisotopic (exact) mass is 381 g/mol. The summed E-state index contributed by atoms with van der Waals surface area (Å²) in [5, 5.41) is 3.46. The predicted octanol–water partition coefficient (Wildman–Crippen LogP) is 1.80. The van der Waals surface area contributed by atoms with Crippen LogP contribution >= 0.6 is 11.3 Å². The van der Waals surface area contributed by atoms with Gasteiger partial charge in [0.15, 0.2) is 5.13 Å². The van der Waals surface area contributed by atoms with Gasteiger partial charge in [-0.05, 0) is 36.8 Å². The Labute approximate surface area is 156 Å². The molecule has 3 aromatic heterocycles. The van der Waals surface area contributed by atoms with Crippen LogP contribution in [0.15, 0.2) is 39.9 Å². The molecule has 0 aliphatic heterocycles. The zero-order valence-corrected chi connectivity index (χ0v) is 15.6. The van der Waals surface area contributed by atoms with Crippen molar-refractivity contribution in [1.82, 2.24) is 19.1 Å². The van der Waals surface area contributed by atoms with Crippen LogP contribution in [0.3, 0.4) is 0 Å². The average Bonchev–Trinajstić information content (AvgIpc) is 3.05. The van der Waals surface area contributed by atoms with Crippen LogP contribution in [0.2, 0.25) is 0 Å². The van der Waals surface area contributed by atoms with Gasteiger partial charge in [-0.25, -0.2) is 14.8 Å². The number of carbonyl (C=O) groups is 1. The number of hydrogen-bond donors (Lipinski definition) is 1. The highest BCUT2D eigenvalue weighted by molar-refractivity contribution is 7.22. The van der Waals surface area contributed by atoms with Crippen LogP contribution in [0, 0.1) is 6.92 Å². The zero-order valence-electron chi connectivity index (χ0n) is 14.8. The van der Waals surface area contributed by atoms with Gasteiger partial charge in [0.1, 0.15) is 11.3 Å². The van der Waals surface area contributed by atoms with E-state index >= 15 is 0 Å². The van der Waals surface area contributed by atoms with E-state index < -0.39 is 17.2 Å². The molecule has 8 nitrogen and oxygen atoms in total. The van der Waals surface area contributed by atoms with Crippen LogP contribution in [-0.2, 0) is 14.1 Å². The molecule has 136 valence electrons. The van der Waals surface area contributed by atoms with Crippen molar-refractivity contribution < 1.29 is 4.79 Å². The van der Waals surface area contributed by atoms with Crippen LogP contribution in [0.1, 0.15) is 16.1 Å². The fourth-order valence-electron chi connectivity index (χ4n) is 2.83.